The van der Waals surface area contributed by atoms with Gasteiger partial charge in [0.15, 0.2) is 0 Å². The summed E-state index contributed by atoms with van der Waals surface area (Å²) in [5.74, 6) is -2.26. The van der Waals surface area contributed by atoms with E-state index in [0.29, 0.717) is 5.56 Å². The lowest BCUT2D eigenvalue weighted by Crippen LogP contribution is -2.32. The summed E-state index contributed by atoms with van der Waals surface area (Å²) in [6, 6.07) is 2.78. The zero-order valence-corrected chi connectivity index (χ0v) is 11.6. The fourth-order valence-electron chi connectivity index (χ4n) is 2.50. The van der Waals surface area contributed by atoms with Crippen molar-refractivity contribution in [2.24, 2.45) is 5.92 Å². The molecule has 7 heteroatoms. The molecule has 2 atom stereocenters. The Kier molecular flexibility index (Phi) is 4.52. The monoisotopic (exact) mass is 292 g/mol. The van der Waals surface area contributed by atoms with Gasteiger partial charge in [0.1, 0.15) is 0 Å². The van der Waals surface area contributed by atoms with Gasteiger partial charge in [-0.15, -0.1) is 0 Å². The van der Waals surface area contributed by atoms with Crippen LogP contribution in [0.25, 0.3) is 0 Å². The van der Waals surface area contributed by atoms with Crippen LogP contribution in [0.15, 0.2) is 24.5 Å². The third-order valence-electron chi connectivity index (χ3n) is 3.51. The number of carboxylic acids is 1. The highest BCUT2D eigenvalue weighted by molar-refractivity contribution is 5.87. The molecule has 7 nitrogen and oxygen atoms in total. The van der Waals surface area contributed by atoms with Crippen LogP contribution in [-0.2, 0) is 19.1 Å². The molecule has 0 bridgehead atoms. The molecule has 1 fully saturated rings. The van der Waals surface area contributed by atoms with E-state index < -0.39 is 23.9 Å². The second-order valence-electron chi connectivity index (χ2n) is 4.87. The molecule has 1 aliphatic rings. The normalized spacial score (nSPS) is 19.4. The van der Waals surface area contributed by atoms with Gasteiger partial charge in [0.2, 0.25) is 5.91 Å². The average Bonchev–Trinajstić information content (AvgIpc) is 2.86. The molecule has 0 aromatic carbocycles. The van der Waals surface area contributed by atoms with E-state index in [2.05, 4.69) is 9.72 Å². The van der Waals surface area contributed by atoms with Gasteiger partial charge in [0.05, 0.1) is 25.5 Å². The number of ether oxygens (including phenoxy) is 1. The van der Waals surface area contributed by atoms with Crippen LogP contribution in [0, 0.1) is 5.92 Å². The number of nitrogens with zero attached hydrogens (tertiary/aromatic N) is 2. The summed E-state index contributed by atoms with van der Waals surface area (Å²) in [7, 11) is 1.27. The summed E-state index contributed by atoms with van der Waals surface area (Å²) in [5, 5.41) is 9.06. The van der Waals surface area contributed by atoms with Crippen molar-refractivity contribution in [2.75, 3.05) is 13.7 Å². The van der Waals surface area contributed by atoms with Gasteiger partial charge >= 0.3 is 11.9 Å². The van der Waals surface area contributed by atoms with Gasteiger partial charge in [-0.25, -0.2) is 0 Å². The van der Waals surface area contributed by atoms with Gasteiger partial charge in [0.25, 0.3) is 0 Å². The van der Waals surface area contributed by atoms with E-state index in [9.17, 15) is 14.4 Å². The summed E-state index contributed by atoms with van der Waals surface area (Å²) in [6.07, 6.45) is 2.92. The van der Waals surface area contributed by atoms with Crippen molar-refractivity contribution in [1.82, 2.24) is 9.88 Å². The summed E-state index contributed by atoms with van der Waals surface area (Å²) in [4.78, 5) is 40.1. The highest BCUT2D eigenvalue weighted by Crippen LogP contribution is 2.31. The minimum Gasteiger partial charge on any atom is -0.481 e. The van der Waals surface area contributed by atoms with Crippen molar-refractivity contribution in [3.05, 3.63) is 30.1 Å². The zero-order valence-electron chi connectivity index (χ0n) is 11.6. The first kappa shape index (κ1) is 15.0. The number of pyridine rings is 1. The molecular weight excluding hydrogens is 276 g/mol. The lowest BCUT2D eigenvalue weighted by atomic mass is 10.0. The Bertz CT molecular complexity index is 546. The quantitative estimate of drug-likeness (QED) is 0.799. The van der Waals surface area contributed by atoms with Crippen molar-refractivity contribution in [3.8, 4) is 0 Å². The lowest BCUT2D eigenvalue weighted by molar-refractivity contribution is -0.145. The van der Waals surface area contributed by atoms with Gasteiger partial charge in [-0.2, -0.15) is 0 Å². The highest BCUT2D eigenvalue weighted by Gasteiger charge is 2.39. The van der Waals surface area contributed by atoms with Crippen molar-refractivity contribution in [1.29, 1.82) is 0 Å². The maximum Gasteiger partial charge on any atom is 0.310 e. The van der Waals surface area contributed by atoms with E-state index in [1.165, 1.54) is 18.2 Å². The number of amides is 1. The predicted octanol–water partition coefficient (Wildman–Crippen LogP) is 0.619. The number of carboxylic acid groups (broad SMARTS) is 1. The maximum atomic E-state index is 12.1. The molecule has 1 N–H and O–H groups in total. The largest absolute Gasteiger partial charge is 0.481 e. The molecule has 21 heavy (non-hydrogen) atoms. The molecule has 1 amide bonds. The number of hydrogen-bond donors (Lipinski definition) is 1. The van der Waals surface area contributed by atoms with Gasteiger partial charge in [0, 0.05) is 25.4 Å². The number of hydrogen-bond acceptors (Lipinski definition) is 5. The molecule has 112 valence electrons. The molecule has 2 heterocycles. The Morgan fingerprint density at radius 2 is 2.33 bits per heavy atom. The summed E-state index contributed by atoms with van der Waals surface area (Å²) in [5.41, 5.74) is 0.638. The minimum atomic E-state index is -1.02. The first-order chi connectivity index (χ1) is 10.0. The van der Waals surface area contributed by atoms with Gasteiger partial charge in [-0.1, -0.05) is 6.07 Å². The molecule has 0 spiro atoms. The standard InChI is InChI=1S/C14H16N2O5/c1-21-14(20)10-5-12(17)16(8-10)11(6-13(18)19)9-3-2-4-15-7-9/h2-4,7,10-11H,5-6,8H2,1H3,(H,18,19). The van der Waals surface area contributed by atoms with Crippen LogP contribution in [0.4, 0.5) is 0 Å². The maximum absolute atomic E-state index is 12.1. The molecule has 0 saturated carbocycles. The van der Waals surface area contributed by atoms with E-state index >= 15 is 0 Å². The van der Waals surface area contributed by atoms with Crippen LogP contribution in [0.1, 0.15) is 24.4 Å². The Morgan fingerprint density at radius 3 is 2.90 bits per heavy atom. The van der Waals surface area contributed by atoms with Gasteiger partial charge in [-0.05, 0) is 11.6 Å². The Balaban J connectivity index is 2.23. The number of rotatable bonds is 5. The SMILES string of the molecule is COC(=O)C1CC(=O)N(C(CC(=O)O)c2cccnc2)C1. The second kappa shape index (κ2) is 6.34. The third kappa shape index (κ3) is 3.36. The molecule has 0 radical (unpaired) electrons. The van der Waals surface area contributed by atoms with Gasteiger partial charge < -0.3 is 14.7 Å². The minimum absolute atomic E-state index is 0.0447. The highest BCUT2D eigenvalue weighted by atomic mass is 16.5. The summed E-state index contributed by atoms with van der Waals surface area (Å²) >= 11 is 0. The molecule has 2 rings (SSSR count). The van der Waals surface area contributed by atoms with E-state index in [1.54, 1.807) is 18.3 Å². The third-order valence-corrected chi connectivity index (χ3v) is 3.51. The summed E-state index contributed by atoms with van der Waals surface area (Å²) < 4.78 is 4.65. The molecule has 1 aliphatic heterocycles. The molecule has 1 aromatic heterocycles. The number of aromatic nitrogens is 1. The summed E-state index contributed by atoms with van der Waals surface area (Å²) in [6.45, 7) is 0.165. The Hall–Kier alpha value is -2.44. The topological polar surface area (TPSA) is 96.8 Å². The number of esters is 1. The van der Waals surface area contributed by atoms with Crippen LogP contribution in [-0.4, -0.2) is 46.5 Å². The Labute approximate surface area is 121 Å². The number of carbonyl (C=O) groups is 3. The van der Waals surface area contributed by atoms with Crippen molar-refractivity contribution in [2.45, 2.75) is 18.9 Å². The van der Waals surface area contributed by atoms with Crippen LogP contribution in [0.2, 0.25) is 0 Å². The smallest absolute Gasteiger partial charge is 0.310 e. The number of methoxy groups -OCH3 is 1. The second-order valence-corrected chi connectivity index (χ2v) is 4.87. The van der Waals surface area contributed by atoms with Gasteiger partial charge in [-0.3, -0.25) is 19.4 Å². The van der Waals surface area contributed by atoms with Crippen LogP contribution < -0.4 is 0 Å². The van der Waals surface area contributed by atoms with E-state index in [-0.39, 0.29) is 25.3 Å². The van der Waals surface area contributed by atoms with Crippen LogP contribution >= 0.6 is 0 Å². The molecule has 0 aliphatic carbocycles. The lowest BCUT2D eigenvalue weighted by Gasteiger charge is -2.27. The average molecular weight is 292 g/mol. The Morgan fingerprint density at radius 1 is 1.57 bits per heavy atom. The fourth-order valence-corrected chi connectivity index (χ4v) is 2.50. The number of likely N-dealkylation sites (tertiary alicyclic amines) is 1. The van der Waals surface area contributed by atoms with Crippen molar-refractivity contribution < 1.29 is 24.2 Å². The van der Waals surface area contributed by atoms with Crippen molar-refractivity contribution in [3.63, 3.8) is 0 Å². The number of carbonyl (C=O) groups excluding carboxylic acids is 2. The first-order valence-electron chi connectivity index (χ1n) is 6.52. The fraction of sp³-hybridized carbons (Fsp3) is 0.429. The predicted molar refractivity (Wildman–Crippen MR) is 71.1 cm³/mol. The molecule has 1 aromatic rings. The molecule has 2 unspecified atom stereocenters. The zero-order chi connectivity index (χ0) is 15.4. The van der Waals surface area contributed by atoms with Crippen LogP contribution in [0.5, 0.6) is 0 Å². The number of aliphatic carboxylic acids is 1. The molecular formula is C14H16N2O5. The van der Waals surface area contributed by atoms with E-state index in [1.807, 2.05) is 0 Å². The van der Waals surface area contributed by atoms with Crippen molar-refractivity contribution >= 4 is 17.8 Å². The van der Waals surface area contributed by atoms with E-state index in [4.69, 9.17) is 5.11 Å². The van der Waals surface area contributed by atoms with E-state index in [0.717, 1.165) is 0 Å². The first-order valence-corrected chi connectivity index (χ1v) is 6.52. The molecule has 1 saturated heterocycles. The van der Waals surface area contributed by atoms with Crippen LogP contribution in [0.3, 0.4) is 0 Å².